The van der Waals surface area contributed by atoms with Crippen molar-refractivity contribution in [1.29, 1.82) is 0 Å². The average Bonchev–Trinajstić information content (AvgIpc) is 2.69. The van der Waals surface area contributed by atoms with Crippen molar-refractivity contribution in [2.75, 3.05) is 32.8 Å². The van der Waals surface area contributed by atoms with E-state index in [4.69, 9.17) is 9.72 Å². The summed E-state index contributed by atoms with van der Waals surface area (Å²) in [6.45, 7) is 7.21. The highest BCUT2D eigenvalue weighted by molar-refractivity contribution is 5.79. The highest BCUT2D eigenvalue weighted by atomic mass is 16.5. The molecule has 1 aliphatic heterocycles. The van der Waals surface area contributed by atoms with Crippen molar-refractivity contribution >= 4 is 10.9 Å². The predicted octanol–water partition coefficient (Wildman–Crippen LogP) is 1.29. The third kappa shape index (κ3) is 3.41. The molecule has 0 unspecified atom stereocenters. The minimum absolute atomic E-state index is 0.0406. The van der Waals surface area contributed by atoms with Crippen molar-refractivity contribution in [3.05, 3.63) is 64.4 Å². The summed E-state index contributed by atoms with van der Waals surface area (Å²) in [5, 5.41) is 0.681. The van der Waals surface area contributed by atoms with Crippen LogP contribution in [0.3, 0.4) is 0 Å². The van der Waals surface area contributed by atoms with Gasteiger partial charge in [-0.15, -0.1) is 0 Å². The van der Waals surface area contributed by atoms with Gasteiger partial charge in [0, 0.05) is 5.56 Å². The molecule has 1 N–H and O–H groups in total. The molecule has 3 aromatic rings. The Kier molecular flexibility index (Phi) is 4.82. The zero-order valence-electron chi connectivity index (χ0n) is 15.1. The van der Waals surface area contributed by atoms with Gasteiger partial charge in [0.2, 0.25) is 0 Å². The monoisotopic (exact) mass is 350 g/mol. The summed E-state index contributed by atoms with van der Waals surface area (Å²) < 4.78 is 7.28. The number of quaternary nitrogens is 1. The second-order valence-electron chi connectivity index (χ2n) is 6.89. The number of aromatic nitrogens is 2. The summed E-state index contributed by atoms with van der Waals surface area (Å²) in [6.07, 6.45) is 0. The molecular formula is C21H24N3O2+. The van der Waals surface area contributed by atoms with Gasteiger partial charge in [0.25, 0.3) is 5.56 Å². The van der Waals surface area contributed by atoms with Crippen LogP contribution in [0, 0.1) is 6.92 Å². The Morgan fingerprint density at radius 3 is 2.58 bits per heavy atom. The van der Waals surface area contributed by atoms with Crippen molar-refractivity contribution in [3.8, 4) is 11.4 Å². The van der Waals surface area contributed by atoms with Crippen LogP contribution in [0.5, 0.6) is 0 Å². The minimum Gasteiger partial charge on any atom is -0.370 e. The number of para-hydroxylation sites is 1. The molecule has 2 heterocycles. The standard InChI is InChI=1S/C21H23N3O2/c1-16-6-8-17(9-7-16)20-22-19-5-3-2-4-18(19)21(25)24(20)11-10-23-12-14-26-15-13-23/h2-9H,10-15H2,1H3/p+1. The first-order valence-electron chi connectivity index (χ1n) is 9.20. The number of ether oxygens (including phenoxy) is 1. The molecule has 1 aromatic heterocycles. The summed E-state index contributed by atoms with van der Waals surface area (Å²) in [7, 11) is 0. The Labute approximate surface area is 152 Å². The third-order valence-electron chi connectivity index (χ3n) is 5.06. The fraction of sp³-hybridized carbons (Fsp3) is 0.333. The molecule has 0 radical (unpaired) electrons. The quantitative estimate of drug-likeness (QED) is 0.771. The lowest BCUT2D eigenvalue weighted by Crippen LogP contribution is -3.14. The van der Waals surface area contributed by atoms with E-state index in [9.17, 15) is 4.79 Å². The normalized spacial score (nSPS) is 15.4. The molecule has 0 saturated carbocycles. The summed E-state index contributed by atoms with van der Waals surface area (Å²) in [5.41, 5.74) is 2.97. The van der Waals surface area contributed by atoms with Crippen LogP contribution < -0.4 is 10.5 Å². The summed E-state index contributed by atoms with van der Waals surface area (Å²) >= 11 is 0. The zero-order valence-corrected chi connectivity index (χ0v) is 15.1. The molecule has 0 spiro atoms. The van der Waals surface area contributed by atoms with Crippen LogP contribution in [0.2, 0.25) is 0 Å². The van der Waals surface area contributed by atoms with E-state index in [1.165, 1.54) is 10.5 Å². The molecule has 5 nitrogen and oxygen atoms in total. The first kappa shape index (κ1) is 16.9. The molecule has 5 heteroatoms. The van der Waals surface area contributed by atoms with Crippen LogP contribution >= 0.6 is 0 Å². The van der Waals surface area contributed by atoms with Crippen LogP contribution in [-0.2, 0) is 11.3 Å². The second kappa shape index (κ2) is 7.40. The molecule has 1 aliphatic rings. The van der Waals surface area contributed by atoms with Gasteiger partial charge in [-0.3, -0.25) is 9.36 Å². The van der Waals surface area contributed by atoms with E-state index in [1.54, 1.807) is 0 Å². The van der Waals surface area contributed by atoms with Gasteiger partial charge in [0.05, 0.1) is 37.2 Å². The molecule has 1 saturated heterocycles. The van der Waals surface area contributed by atoms with Crippen molar-refractivity contribution in [3.63, 3.8) is 0 Å². The number of morpholine rings is 1. The molecular weight excluding hydrogens is 326 g/mol. The number of hydrogen-bond acceptors (Lipinski definition) is 3. The molecule has 0 atom stereocenters. The van der Waals surface area contributed by atoms with Crippen molar-refractivity contribution in [1.82, 2.24) is 9.55 Å². The SMILES string of the molecule is Cc1ccc(-c2nc3ccccc3c(=O)n2CC[NH+]2CCOCC2)cc1. The van der Waals surface area contributed by atoms with Crippen LogP contribution in [0.4, 0.5) is 0 Å². The molecule has 2 aromatic carbocycles. The van der Waals surface area contributed by atoms with Crippen LogP contribution in [0.15, 0.2) is 53.3 Å². The summed E-state index contributed by atoms with van der Waals surface area (Å²) in [6, 6.07) is 15.8. The Balaban J connectivity index is 1.77. The van der Waals surface area contributed by atoms with E-state index in [-0.39, 0.29) is 5.56 Å². The topological polar surface area (TPSA) is 48.6 Å². The maximum absolute atomic E-state index is 13.2. The second-order valence-corrected chi connectivity index (χ2v) is 6.89. The molecule has 4 rings (SSSR count). The zero-order chi connectivity index (χ0) is 17.9. The van der Waals surface area contributed by atoms with Gasteiger partial charge in [-0.1, -0.05) is 42.0 Å². The Hall–Kier alpha value is -2.50. The number of benzene rings is 2. The van der Waals surface area contributed by atoms with Gasteiger partial charge in [-0.2, -0.15) is 0 Å². The van der Waals surface area contributed by atoms with Crippen LogP contribution in [0.1, 0.15) is 5.56 Å². The van der Waals surface area contributed by atoms with Crippen molar-refractivity contribution < 1.29 is 9.64 Å². The van der Waals surface area contributed by atoms with E-state index < -0.39 is 0 Å². The Bertz CT molecular complexity index is 957. The Morgan fingerprint density at radius 2 is 1.81 bits per heavy atom. The van der Waals surface area contributed by atoms with Gasteiger partial charge < -0.3 is 9.64 Å². The van der Waals surface area contributed by atoms with E-state index in [0.29, 0.717) is 11.9 Å². The van der Waals surface area contributed by atoms with Gasteiger partial charge in [-0.25, -0.2) is 4.98 Å². The number of aryl methyl sites for hydroxylation is 1. The number of rotatable bonds is 4. The van der Waals surface area contributed by atoms with Crippen molar-refractivity contribution in [2.24, 2.45) is 0 Å². The first-order valence-corrected chi connectivity index (χ1v) is 9.20. The average molecular weight is 350 g/mol. The van der Waals surface area contributed by atoms with Gasteiger partial charge in [-0.05, 0) is 19.1 Å². The predicted molar refractivity (Wildman–Crippen MR) is 103 cm³/mol. The van der Waals surface area contributed by atoms with E-state index in [2.05, 4.69) is 19.1 Å². The largest absolute Gasteiger partial charge is 0.370 e. The lowest BCUT2D eigenvalue weighted by Gasteiger charge is -2.24. The van der Waals surface area contributed by atoms with Crippen molar-refractivity contribution in [2.45, 2.75) is 13.5 Å². The summed E-state index contributed by atoms with van der Waals surface area (Å²) in [5.74, 6) is 0.751. The minimum atomic E-state index is 0.0406. The molecule has 1 fully saturated rings. The van der Waals surface area contributed by atoms with E-state index in [0.717, 1.165) is 49.8 Å². The highest BCUT2D eigenvalue weighted by Crippen LogP contribution is 2.19. The fourth-order valence-corrected chi connectivity index (χ4v) is 3.48. The maximum atomic E-state index is 13.2. The van der Waals surface area contributed by atoms with Gasteiger partial charge in [0.1, 0.15) is 18.9 Å². The third-order valence-corrected chi connectivity index (χ3v) is 5.06. The summed E-state index contributed by atoms with van der Waals surface area (Å²) in [4.78, 5) is 19.5. The van der Waals surface area contributed by atoms with Crippen LogP contribution in [-0.4, -0.2) is 42.4 Å². The molecule has 0 aliphatic carbocycles. The highest BCUT2D eigenvalue weighted by Gasteiger charge is 2.17. The number of nitrogens with one attached hydrogen (secondary N) is 1. The first-order chi connectivity index (χ1) is 12.7. The fourth-order valence-electron chi connectivity index (χ4n) is 3.48. The molecule has 0 bridgehead atoms. The van der Waals surface area contributed by atoms with E-state index >= 15 is 0 Å². The number of fused-ring (bicyclic) bond motifs is 1. The Morgan fingerprint density at radius 1 is 1.08 bits per heavy atom. The lowest BCUT2D eigenvalue weighted by molar-refractivity contribution is -0.908. The number of hydrogen-bond donors (Lipinski definition) is 1. The number of nitrogens with zero attached hydrogens (tertiary/aromatic N) is 2. The molecule has 134 valence electrons. The van der Waals surface area contributed by atoms with E-state index in [1.807, 2.05) is 41.0 Å². The van der Waals surface area contributed by atoms with Gasteiger partial charge in [0.15, 0.2) is 0 Å². The maximum Gasteiger partial charge on any atom is 0.261 e. The van der Waals surface area contributed by atoms with Crippen LogP contribution in [0.25, 0.3) is 22.3 Å². The molecule has 0 amide bonds. The van der Waals surface area contributed by atoms with Gasteiger partial charge >= 0.3 is 0 Å². The lowest BCUT2D eigenvalue weighted by atomic mass is 10.1. The smallest absolute Gasteiger partial charge is 0.261 e. The molecule has 26 heavy (non-hydrogen) atoms.